The van der Waals surface area contributed by atoms with Crippen molar-refractivity contribution >= 4 is 5.91 Å². The van der Waals surface area contributed by atoms with Crippen LogP contribution in [0.3, 0.4) is 0 Å². The highest BCUT2D eigenvalue weighted by molar-refractivity contribution is 5.86. The SMILES string of the molecule is CCCC1CCN(C(=O)C(C#N)c2ccccc2)C1. The van der Waals surface area contributed by atoms with Gasteiger partial charge in [0.15, 0.2) is 0 Å². The normalized spacial score (nSPS) is 20.0. The highest BCUT2D eigenvalue weighted by Gasteiger charge is 2.31. The number of benzene rings is 1. The van der Waals surface area contributed by atoms with E-state index in [1.165, 1.54) is 6.42 Å². The Kier molecular flexibility index (Phi) is 4.57. The first-order valence-electron chi connectivity index (χ1n) is 6.99. The van der Waals surface area contributed by atoms with Crippen molar-refractivity contribution in [2.75, 3.05) is 13.1 Å². The van der Waals surface area contributed by atoms with Crippen LogP contribution in [0.2, 0.25) is 0 Å². The second-order valence-corrected chi connectivity index (χ2v) is 5.20. The number of carbonyl (C=O) groups excluding carboxylic acids is 1. The Balaban J connectivity index is 2.05. The first kappa shape index (κ1) is 13.6. The predicted molar refractivity (Wildman–Crippen MR) is 74.4 cm³/mol. The molecular formula is C16H20N2O. The molecule has 1 saturated heterocycles. The lowest BCUT2D eigenvalue weighted by Crippen LogP contribution is -2.32. The molecule has 0 N–H and O–H groups in total. The van der Waals surface area contributed by atoms with Crippen LogP contribution in [0.5, 0.6) is 0 Å². The van der Waals surface area contributed by atoms with Crippen LogP contribution in [0.25, 0.3) is 0 Å². The van der Waals surface area contributed by atoms with Crippen molar-refractivity contribution in [3.8, 4) is 6.07 Å². The molecule has 1 fully saturated rings. The van der Waals surface area contributed by atoms with E-state index in [0.29, 0.717) is 5.92 Å². The summed E-state index contributed by atoms with van der Waals surface area (Å²) in [5.74, 6) is -0.0713. The molecule has 0 spiro atoms. The van der Waals surface area contributed by atoms with Gasteiger partial charge in [-0.2, -0.15) is 5.26 Å². The smallest absolute Gasteiger partial charge is 0.244 e. The van der Waals surface area contributed by atoms with Crippen LogP contribution in [0.15, 0.2) is 30.3 Å². The number of likely N-dealkylation sites (tertiary alicyclic amines) is 1. The molecule has 3 heteroatoms. The van der Waals surface area contributed by atoms with Gasteiger partial charge in [-0.25, -0.2) is 0 Å². The van der Waals surface area contributed by atoms with E-state index in [0.717, 1.165) is 31.5 Å². The molecule has 0 radical (unpaired) electrons. The van der Waals surface area contributed by atoms with Crippen molar-refractivity contribution in [2.24, 2.45) is 5.92 Å². The molecule has 0 aromatic heterocycles. The molecule has 19 heavy (non-hydrogen) atoms. The molecule has 100 valence electrons. The number of hydrogen-bond donors (Lipinski definition) is 0. The van der Waals surface area contributed by atoms with Crippen LogP contribution in [0.4, 0.5) is 0 Å². The third-order valence-corrected chi connectivity index (χ3v) is 3.80. The molecule has 2 rings (SSSR count). The van der Waals surface area contributed by atoms with E-state index in [1.54, 1.807) is 0 Å². The minimum Gasteiger partial charge on any atom is -0.341 e. The van der Waals surface area contributed by atoms with Crippen LogP contribution in [0.1, 0.15) is 37.7 Å². The zero-order valence-corrected chi connectivity index (χ0v) is 11.4. The van der Waals surface area contributed by atoms with Gasteiger partial charge in [-0.05, 0) is 24.3 Å². The van der Waals surface area contributed by atoms with E-state index in [-0.39, 0.29) is 5.91 Å². The molecule has 1 heterocycles. The summed E-state index contributed by atoms with van der Waals surface area (Å²) in [5.41, 5.74) is 0.800. The van der Waals surface area contributed by atoms with Crippen LogP contribution in [0, 0.1) is 17.2 Å². The fourth-order valence-corrected chi connectivity index (χ4v) is 2.78. The lowest BCUT2D eigenvalue weighted by molar-refractivity contribution is -0.130. The van der Waals surface area contributed by atoms with Gasteiger partial charge in [-0.15, -0.1) is 0 Å². The summed E-state index contributed by atoms with van der Waals surface area (Å²) in [5, 5.41) is 9.28. The van der Waals surface area contributed by atoms with Crippen molar-refractivity contribution in [2.45, 2.75) is 32.1 Å². The highest BCUT2D eigenvalue weighted by atomic mass is 16.2. The van der Waals surface area contributed by atoms with Gasteiger partial charge in [0.2, 0.25) is 5.91 Å². The number of amides is 1. The van der Waals surface area contributed by atoms with Gasteiger partial charge in [0.1, 0.15) is 5.92 Å². The summed E-state index contributed by atoms with van der Waals surface area (Å²) in [6.45, 7) is 3.79. The number of rotatable bonds is 4. The highest BCUT2D eigenvalue weighted by Crippen LogP contribution is 2.25. The molecule has 0 aliphatic carbocycles. The minimum absolute atomic E-state index is 0.0349. The molecule has 1 aromatic rings. The maximum atomic E-state index is 12.4. The van der Waals surface area contributed by atoms with E-state index >= 15 is 0 Å². The van der Waals surface area contributed by atoms with Gasteiger partial charge >= 0.3 is 0 Å². The summed E-state index contributed by atoms with van der Waals surface area (Å²) < 4.78 is 0. The van der Waals surface area contributed by atoms with E-state index in [1.807, 2.05) is 35.2 Å². The van der Waals surface area contributed by atoms with E-state index in [9.17, 15) is 10.1 Å². The number of nitriles is 1. The largest absolute Gasteiger partial charge is 0.341 e. The van der Waals surface area contributed by atoms with Crippen LogP contribution < -0.4 is 0 Å². The fraction of sp³-hybridized carbons (Fsp3) is 0.500. The van der Waals surface area contributed by atoms with Gasteiger partial charge in [-0.3, -0.25) is 4.79 Å². The summed E-state index contributed by atoms with van der Waals surface area (Å²) in [6, 6.07) is 11.5. The Hall–Kier alpha value is -1.82. The van der Waals surface area contributed by atoms with Gasteiger partial charge in [0.25, 0.3) is 0 Å². The summed E-state index contributed by atoms with van der Waals surface area (Å²) in [4.78, 5) is 14.3. The van der Waals surface area contributed by atoms with Crippen molar-refractivity contribution in [3.63, 3.8) is 0 Å². The average molecular weight is 256 g/mol. The fourth-order valence-electron chi connectivity index (χ4n) is 2.78. The predicted octanol–water partition coefficient (Wildman–Crippen LogP) is 2.94. The quantitative estimate of drug-likeness (QED) is 0.831. The Morgan fingerprint density at radius 2 is 2.21 bits per heavy atom. The van der Waals surface area contributed by atoms with E-state index < -0.39 is 5.92 Å². The molecule has 1 aliphatic heterocycles. The average Bonchev–Trinajstić information content (AvgIpc) is 2.90. The number of hydrogen-bond acceptors (Lipinski definition) is 2. The second-order valence-electron chi connectivity index (χ2n) is 5.20. The molecule has 3 nitrogen and oxygen atoms in total. The molecule has 2 unspecified atom stereocenters. The lowest BCUT2D eigenvalue weighted by Gasteiger charge is -2.19. The monoisotopic (exact) mass is 256 g/mol. The minimum atomic E-state index is -0.651. The lowest BCUT2D eigenvalue weighted by atomic mass is 9.99. The number of carbonyl (C=O) groups is 1. The van der Waals surface area contributed by atoms with E-state index in [4.69, 9.17) is 0 Å². The van der Waals surface area contributed by atoms with Crippen molar-refractivity contribution in [1.29, 1.82) is 5.26 Å². The maximum Gasteiger partial charge on any atom is 0.244 e. The van der Waals surface area contributed by atoms with Crippen LogP contribution in [-0.4, -0.2) is 23.9 Å². The van der Waals surface area contributed by atoms with Gasteiger partial charge in [0.05, 0.1) is 6.07 Å². The Morgan fingerprint density at radius 1 is 1.47 bits per heavy atom. The standard InChI is InChI=1S/C16H20N2O/c1-2-6-13-9-10-18(12-13)16(19)15(11-17)14-7-4-3-5-8-14/h3-5,7-8,13,15H,2,6,9-10,12H2,1H3. The summed E-state index contributed by atoms with van der Waals surface area (Å²) >= 11 is 0. The maximum absolute atomic E-state index is 12.4. The zero-order chi connectivity index (χ0) is 13.7. The molecular weight excluding hydrogens is 236 g/mol. The van der Waals surface area contributed by atoms with Crippen LogP contribution in [-0.2, 0) is 4.79 Å². The first-order valence-corrected chi connectivity index (χ1v) is 6.99. The Morgan fingerprint density at radius 3 is 2.84 bits per heavy atom. The molecule has 0 saturated carbocycles. The molecule has 1 amide bonds. The molecule has 1 aromatic carbocycles. The third kappa shape index (κ3) is 3.14. The van der Waals surface area contributed by atoms with Crippen molar-refractivity contribution < 1.29 is 4.79 Å². The summed E-state index contributed by atoms with van der Waals surface area (Å²) in [6.07, 6.45) is 3.41. The third-order valence-electron chi connectivity index (χ3n) is 3.80. The Bertz CT molecular complexity index is 463. The van der Waals surface area contributed by atoms with E-state index in [2.05, 4.69) is 13.0 Å². The van der Waals surface area contributed by atoms with Crippen molar-refractivity contribution in [3.05, 3.63) is 35.9 Å². The van der Waals surface area contributed by atoms with Gasteiger partial charge in [0, 0.05) is 13.1 Å². The first-order chi connectivity index (χ1) is 9.26. The van der Waals surface area contributed by atoms with Crippen molar-refractivity contribution in [1.82, 2.24) is 4.90 Å². The second kappa shape index (κ2) is 6.38. The molecule has 1 aliphatic rings. The topological polar surface area (TPSA) is 44.1 Å². The molecule has 0 bridgehead atoms. The zero-order valence-electron chi connectivity index (χ0n) is 11.4. The van der Waals surface area contributed by atoms with Crippen LogP contribution >= 0.6 is 0 Å². The summed E-state index contributed by atoms with van der Waals surface area (Å²) in [7, 11) is 0. The Labute approximate surface area is 114 Å². The molecule has 2 atom stereocenters. The number of nitrogens with zero attached hydrogens (tertiary/aromatic N) is 2. The van der Waals surface area contributed by atoms with Gasteiger partial charge < -0.3 is 4.90 Å². The van der Waals surface area contributed by atoms with Gasteiger partial charge in [-0.1, -0.05) is 43.7 Å².